The molecule has 4 nitrogen and oxygen atoms in total. The zero-order chi connectivity index (χ0) is 12.8. The van der Waals surface area contributed by atoms with Gasteiger partial charge in [0.1, 0.15) is 5.75 Å². The average Bonchev–Trinajstić information content (AvgIpc) is 2.25. The Morgan fingerprint density at radius 1 is 1.47 bits per heavy atom. The van der Waals surface area contributed by atoms with Crippen molar-refractivity contribution in [2.45, 2.75) is 13.8 Å². The summed E-state index contributed by atoms with van der Waals surface area (Å²) in [5.41, 5.74) is 1.49. The van der Waals surface area contributed by atoms with Crippen molar-refractivity contribution in [3.63, 3.8) is 0 Å². The zero-order valence-electron chi connectivity index (χ0n) is 10.3. The van der Waals surface area contributed by atoms with Crippen LogP contribution in [0.25, 0.3) is 0 Å². The molecule has 1 rings (SSSR count). The molecule has 0 bridgehead atoms. The fourth-order valence-corrected chi connectivity index (χ4v) is 1.80. The Morgan fingerprint density at radius 2 is 2.18 bits per heavy atom. The minimum atomic E-state index is -0.119. The van der Waals surface area contributed by atoms with Crippen LogP contribution in [0, 0.1) is 6.92 Å². The lowest BCUT2D eigenvalue weighted by Gasteiger charge is -2.13. The van der Waals surface area contributed by atoms with E-state index >= 15 is 0 Å². The molecule has 0 atom stereocenters. The first-order chi connectivity index (χ1) is 8.08. The van der Waals surface area contributed by atoms with Crippen LogP contribution in [-0.4, -0.2) is 26.1 Å². The number of methoxy groups -OCH3 is 1. The maximum atomic E-state index is 11.6. The molecule has 0 aliphatic heterocycles. The summed E-state index contributed by atoms with van der Waals surface area (Å²) >= 11 is 5.94. The van der Waals surface area contributed by atoms with Crippen LogP contribution in [0.4, 0.5) is 5.69 Å². The average molecular weight is 257 g/mol. The molecular weight excluding hydrogens is 240 g/mol. The number of aryl methyl sites for hydroxylation is 1. The van der Waals surface area contributed by atoms with Crippen LogP contribution in [0.2, 0.25) is 5.02 Å². The fourth-order valence-electron chi connectivity index (χ4n) is 1.53. The number of hydrogen-bond acceptors (Lipinski definition) is 3. The van der Waals surface area contributed by atoms with Gasteiger partial charge in [0.05, 0.1) is 19.3 Å². The van der Waals surface area contributed by atoms with Gasteiger partial charge in [0.25, 0.3) is 0 Å². The van der Waals surface area contributed by atoms with Gasteiger partial charge in [-0.1, -0.05) is 18.5 Å². The molecule has 17 heavy (non-hydrogen) atoms. The second-order valence-corrected chi connectivity index (χ2v) is 4.07. The number of nitrogens with one attached hydrogen (secondary N) is 2. The molecule has 1 aromatic carbocycles. The number of ether oxygens (including phenoxy) is 1. The summed E-state index contributed by atoms with van der Waals surface area (Å²) in [6.07, 6.45) is 0. The molecule has 0 saturated heterocycles. The molecule has 5 heteroatoms. The van der Waals surface area contributed by atoms with Crippen LogP contribution >= 0.6 is 11.6 Å². The van der Waals surface area contributed by atoms with Gasteiger partial charge in [-0.3, -0.25) is 4.79 Å². The Balaban J connectivity index is 2.85. The standard InChI is InChI=1S/C12H17ClN2O2/c1-4-14-7-11(16)15-10-6-9(13)5-8(2)12(10)17-3/h5-6,14H,4,7H2,1-3H3,(H,15,16). The van der Waals surface area contributed by atoms with Crippen LogP contribution < -0.4 is 15.4 Å². The van der Waals surface area contributed by atoms with Crippen LogP contribution in [0.15, 0.2) is 12.1 Å². The van der Waals surface area contributed by atoms with Gasteiger partial charge in [0, 0.05) is 5.02 Å². The summed E-state index contributed by atoms with van der Waals surface area (Å²) in [5.74, 6) is 0.520. The lowest BCUT2D eigenvalue weighted by Crippen LogP contribution is -2.27. The molecule has 0 aliphatic carbocycles. The Labute approximate surface area is 106 Å². The highest BCUT2D eigenvalue weighted by molar-refractivity contribution is 6.31. The molecular formula is C12H17ClN2O2. The Kier molecular flexibility index (Phi) is 5.25. The van der Waals surface area contributed by atoms with Gasteiger partial charge < -0.3 is 15.4 Å². The molecule has 0 fully saturated rings. The molecule has 0 spiro atoms. The summed E-state index contributed by atoms with van der Waals surface area (Å²) in [6.45, 7) is 4.84. The highest BCUT2D eigenvalue weighted by Gasteiger charge is 2.10. The van der Waals surface area contributed by atoms with Crippen molar-refractivity contribution in [2.75, 3.05) is 25.5 Å². The molecule has 94 valence electrons. The SMILES string of the molecule is CCNCC(=O)Nc1cc(Cl)cc(C)c1OC. The topological polar surface area (TPSA) is 50.4 Å². The number of anilines is 1. The van der Waals surface area contributed by atoms with Crippen molar-refractivity contribution in [1.82, 2.24) is 5.32 Å². The van der Waals surface area contributed by atoms with E-state index in [4.69, 9.17) is 16.3 Å². The van der Waals surface area contributed by atoms with Gasteiger partial charge in [-0.05, 0) is 31.2 Å². The van der Waals surface area contributed by atoms with Gasteiger partial charge in [0.2, 0.25) is 5.91 Å². The third-order valence-corrected chi connectivity index (χ3v) is 2.47. The van der Waals surface area contributed by atoms with E-state index in [9.17, 15) is 4.79 Å². The molecule has 1 amide bonds. The largest absolute Gasteiger partial charge is 0.494 e. The van der Waals surface area contributed by atoms with Crippen molar-refractivity contribution in [2.24, 2.45) is 0 Å². The number of benzene rings is 1. The highest BCUT2D eigenvalue weighted by Crippen LogP contribution is 2.31. The molecule has 0 aromatic heterocycles. The second kappa shape index (κ2) is 6.47. The predicted molar refractivity (Wildman–Crippen MR) is 69.9 cm³/mol. The molecule has 1 aromatic rings. The smallest absolute Gasteiger partial charge is 0.238 e. The first-order valence-electron chi connectivity index (χ1n) is 5.43. The van der Waals surface area contributed by atoms with Crippen molar-refractivity contribution < 1.29 is 9.53 Å². The quantitative estimate of drug-likeness (QED) is 0.849. The van der Waals surface area contributed by atoms with Crippen molar-refractivity contribution >= 4 is 23.2 Å². The normalized spacial score (nSPS) is 10.1. The second-order valence-electron chi connectivity index (χ2n) is 3.63. The highest BCUT2D eigenvalue weighted by atomic mass is 35.5. The maximum absolute atomic E-state index is 11.6. The molecule has 0 unspecified atom stereocenters. The third kappa shape index (κ3) is 3.91. The lowest BCUT2D eigenvalue weighted by molar-refractivity contribution is -0.115. The number of carbonyl (C=O) groups is 1. The summed E-state index contributed by atoms with van der Waals surface area (Å²) in [6, 6.07) is 3.47. The predicted octanol–water partition coefficient (Wildman–Crippen LogP) is 2.21. The van der Waals surface area contributed by atoms with E-state index in [2.05, 4.69) is 10.6 Å². The number of amides is 1. The first-order valence-corrected chi connectivity index (χ1v) is 5.81. The molecule has 0 saturated carbocycles. The van der Waals surface area contributed by atoms with E-state index < -0.39 is 0 Å². The maximum Gasteiger partial charge on any atom is 0.238 e. The van der Waals surface area contributed by atoms with E-state index in [1.165, 1.54) is 0 Å². The van der Waals surface area contributed by atoms with Gasteiger partial charge >= 0.3 is 0 Å². The van der Waals surface area contributed by atoms with Crippen LogP contribution in [0.5, 0.6) is 5.75 Å². The summed E-state index contributed by atoms with van der Waals surface area (Å²) in [5, 5.41) is 6.29. The van der Waals surface area contributed by atoms with E-state index in [1.807, 2.05) is 13.8 Å². The van der Waals surface area contributed by atoms with E-state index in [0.717, 1.165) is 12.1 Å². The van der Waals surface area contributed by atoms with Gasteiger partial charge in [-0.2, -0.15) is 0 Å². The number of likely N-dealkylation sites (N-methyl/N-ethyl adjacent to an activating group) is 1. The number of halogens is 1. The van der Waals surface area contributed by atoms with Crippen LogP contribution in [0.3, 0.4) is 0 Å². The molecule has 0 aliphatic rings. The minimum absolute atomic E-state index is 0.119. The first kappa shape index (κ1) is 13.8. The minimum Gasteiger partial charge on any atom is -0.494 e. The molecule has 0 heterocycles. The monoisotopic (exact) mass is 256 g/mol. The van der Waals surface area contributed by atoms with Crippen molar-refractivity contribution in [1.29, 1.82) is 0 Å². The number of hydrogen-bond donors (Lipinski definition) is 2. The van der Waals surface area contributed by atoms with Gasteiger partial charge in [0.15, 0.2) is 0 Å². The van der Waals surface area contributed by atoms with Crippen LogP contribution in [0.1, 0.15) is 12.5 Å². The van der Waals surface area contributed by atoms with Crippen LogP contribution in [-0.2, 0) is 4.79 Å². The Hall–Kier alpha value is -1.26. The molecule has 2 N–H and O–H groups in total. The van der Waals surface area contributed by atoms with E-state index in [-0.39, 0.29) is 12.5 Å². The van der Waals surface area contributed by atoms with Gasteiger partial charge in [-0.15, -0.1) is 0 Å². The lowest BCUT2D eigenvalue weighted by atomic mass is 10.2. The summed E-state index contributed by atoms with van der Waals surface area (Å²) < 4.78 is 5.24. The Bertz CT molecular complexity index is 408. The Morgan fingerprint density at radius 3 is 2.76 bits per heavy atom. The third-order valence-electron chi connectivity index (χ3n) is 2.25. The van der Waals surface area contributed by atoms with E-state index in [1.54, 1.807) is 19.2 Å². The van der Waals surface area contributed by atoms with Crippen molar-refractivity contribution in [3.8, 4) is 5.75 Å². The summed E-state index contributed by atoms with van der Waals surface area (Å²) in [4.78, 5) is 11.6. The van der Waals surface area contributed by atoms with Gasteiger partial charge in [-0.25, -0.2) is 0 Å². The fraction of sp³-hybridized carbons (Fsp3) is 0.417. The van der Waals surface area contributed by atoms with Crippen molar-refractivity contribution in [3.05, 3.63) is 22.7 Å². The molecule has 0 radical (unpaired) electrons. The number of rotatable bonds is 5. The van der Waals surface area contributed by atoms with E-state index in [0.29, 0.717) is 16.5 Å². The zero-order valence-corrected chi connectivity index (χ0v) is 11.0. The summed E-state index contributed by atoms with van der Waals surface area (Å²) in [7, 11) is 1.57. The number of carbonyl (C=O) groups excluding carboxylic acids is 1.